The Morgan fingerprint density at radius 2 is 1.72 bits per heavy atom. The lowest BCUT2D eigenvalue weighted by Crippen LogP contribution is -2.54. The smallest absolute Gasteiger partial charge is 0.335 e. The van der Waals surface area contributed by atoms with Crippen LogP contribution in [0.5, 0.6) is 23.0 Å². The fourth-order valence-corrected chi connectivity index (χ4v) is 4.54. The molecule has 0 spiro atoms. The highest BCUT2D eigenvalue weighted by Gasteiger charge is 2.37. The molecule has 0 aromatic heterocycles. The molecule has 1 saturated heterocycles. The van der Waals surface area contributed by atoms with E-state index >= 15 is 0 Å². The largest absolute Gasteiger partial charge is 0.490 e. The Morgan fingerprint density at radius 1 is 0.923 bits per heavy atom. The van der Waals surface area contributed by atoms with Crippen LogP contribution in [0.2, 0.25) is 15.1 Å². The normalized spacial score (nSPS) is 15.5. The number of amides is 4. The van der Waals surface area contributed by atoms with Crippen molar-refractivity contribution in [3.05, 3.63) is 80.3 Å². The minimum atomic E-state index is -0.889. The maximum atomic E-state index is 13.3. The number of barbiturate groups is 1. The van der Waals surface area contributed by atoms with Crippen molar-refractivity contribution in [2.24, 2.45) is 0 Å². The lowest BCUT2D eigenvalue weighted by molar-refractivity contribution is -0.122. The van der Waals surface area contributed by atoms with Gasteiger partial charge in [-0.2, -0.15) is 0 Å². The second-order valence-corrected chi connectivity index (χ2v) is 9.52. The Hall–Kier alpha value is -3.92. The Balaban J connectivity index is 1.44. The third-order valence-corrected chi connectivity index (χ3v) is 6.75. The van der Waals surface area contributed by atoms with E-state index in [1.54, 1.807) is 37.3 Å². The van der Waals surface area contributed by atoms with Gasteiger partial charge in [0.1, 0.15) is 12.2 Å². The summed E-state index contributed by atoms with van der Waals surface area (Å²) in [4.78, 5) is 39.4. The van der Waals surface area contributed by atoms with Gasteiger partial charge >= 0.3 is 6.03 Å². The molecule has 0 radical (unpaired) electrons. The number of nitrogens with one attached hydrogen (secondary N) is 1. The molecule has 3 aromatic carbocycles. The van der Waals surface area contributed by atoms with E-state index in [0.29, 0.717) is 39.5 Å². The summed E-state index contributed by atoms with van der Waals surface area (Å²) < 4.78 is 22.3. The van der Waals surface area contributed by atoms with Crippen LogP contribution in [0.4, 0.5) is 10.5 Å². The van der Waals surface area contributed by atoms with E-state index in [1.165, 1.54) is 24.3 Å². The summed E-state index contributed by atoms with van der Waals surface area (Å²) in [5.41, 5.74) is 1.06. The molecule has 1 fully saturated rings. The molecule has 1 N–H and O–H groups in total. The van der Waals surface area contributed by atoms with Gasteiger partial charge in [-0.3, -0.25) is 14.9 Å². The number of anilines is 1. The SMILES string of the molecule is CCOc1cc(/C=C2\C(=O)NC(=O)N(c3ccc4c(c3)OCO4)C2=O)cc(Cl)c1OCc1ccc(Cl)c(Cl)c1. The van der Waals surface area contributed by atoms with Crippen molar-refractivity contribution >= 4 is 64.4 Å². The number of urea groups is 1. The summed E-state index contributed by atoms with van der Waals surface area (Å²) in [5, 5.41) is 3.18. The summed E-state index contributed by atoms with van der Waals surface area (Å²) in [6.45, 7) is 2.24. The van der Waals surface area contributed by atoms with Crippen LogP contribution in [0, 0.1) is 0 Å². The van der Waals surface area contributed by atoms with E-state index < -0.39 is 17.8 Å². The van der Waals surface area contributed by atoms with E-state index in [-0.39, 0.29) is 35.4 Å². The first-order chi connectivity index (χ1) is 18.7. The first-order valence-corrected chi connectivity index (χ1v) is 12.7. The number of hydrogen-bond donors (Lipinski definition) is 1. The molecule has 0 aliphatic carbocycles. The molecular formula is C27H19Cl3N2O7. The third-order valence-electron chi connectivity index (χ3n) is 5.73. The maximum absolute atomic E-state index is 13.3. The van der Waals surface area contributed by atoms with Crippen molar-refractivity contribution in [3.63, 3.8) is 0 Å². The molecule has 200 valence electrons. The second kappa shape index (κ2) is 11.1. The van der Waals surface area contributed by atoms with Gasteiger partial charge < -0.3 is 18.9 Å². The number of nitrogens with zero attached hydrogens (tertiary/aromatic N) is 1. The van der Waals surface area contributed by atoms with Crippen molar-refractivity contribution in [2.75, 3.05) is 18.3 Å². The first kappa shape index (κ1) is 26.7. The molecule has 2 aliphatic heterocycles. The topological polar surface area (TPSA) is 103 Å². The Bertz CT molecular complexity index is 1540. The number of ether oxygens (including phenoxy) is 4. The predicted molar refractivity (Wildman–Crippen MR) is 145 cm³/mol. The number of fused-ring (bicyclic) bond motifs is 1. The van der Waals surface area contributed by atoms with Gasteiger partial charge in [0, 0.05) is 6.07 Å². The monoisotopic (exact) mass is 588 g/mol. The number of carbonyl (C=O) groups excluding carboxylic acids is 3. The Kier molecular flexibility index (Phi) is 7.56. The molecular weight excluding hydrogens is 571 g/mol. The number of halogens is 3. The molecule has 2 heterocycles. The Labute approximate surface area is 237 Å². The van der Waals surface area contributed by atoms with E-state index in [4.69, 9.17) is 53.8 Å². The number of rotatable bonds is 7. The lowest BCUT2D eigenvalue weighted by Gasteiger charge is -2.26. The average Bonchev–Trinajstić information content (AvgIpc) is 3.36. The molecule has 2 aliphatic rings. The third kappa shape index (κ3) is 5.47. The van der Waals surface area contributed by atoms with Crippen LogP contribution >= 0.6 is 34.8 Å². The van der Waals surface area contributed by atoms with Crippen LogP contribution in [0.25, 0.3) is 6.08 Å². The minimum absolute atomic E-state index is 0.0264. The molecule has 0 saturated carbocycles. The summed E-state index contributed by atoms with van der Waals surface area (Å²) >= 11 is 18.6. The van der Waals surface area contributed by atoms with Crippen LogP contribution < -0.4 is 29.2 Å². The number of benzene rings is 3. The highest BCUT2D eigenvalue weighted by Crippen LogP contribution is 2.39. The average molecular weight is 590 g/mol. The summed E-state index contributed by atoms with van der Waals surface area (Å²) in [6, 6.07) is 11.9. The summed E-state index contributed by atoms with van der Waals surface area (Å²) in [7, 11) is 0. The van der Waals surface area contributed by atoms with E-state index in [2.05, 4.69) is 5.32 Å². The first-order valence-electron chi connectivity index (χ1n) is 11.6. The van der Waals surface area contributed by atoms with E-state index in [1.807, 2.05) is 0 Å². The molecule has 9 nitrogen and oxygen atoms in total. The number of hydrogen-bond acceptors (Lipinski definition) is 7. The maximum Gasteiger partial charge on any atom is 0.335 e. The van der Waals surface area contributed by atoms with Crippen LogP contribution in [0.1, 0.15) is 18.1 Å². The second-order valence-electron chi connectivity index (χ2n) is 8.30. The number of imide groups is 2. The minimum Gasteiger partial charge on any atom is -0.490 e. The lowest BCUT2D eigenvalue weighted by atomic mass is 10.1. The Morgan fingerprint density at radius 3 is 2.49 bits per heavy atom. The van der Waals surface area contributed by atoms with Crippen molar-refractivity contribution in [1.29, 1.82) is 0 Å². The predicted octanol–water partition coefficient (Wildman–Crippen LogP) is 6.02. The van der Waals surface area contributed by atoms with Gasteiger partial charge in [0.05, 0.1) is 27.4 Å². The molecule has 39 heavy (non-hydrogen) atoms. The van der Waals surface area contributed by atoms with E-state index in [9.17, 15) is 14.4 Å². The van der Waals surface area contributed by atoms with Crippen LogP contribution in [-0.4, -0.2) is 31.2 Å². The molecule has 0 bridgehead atoms. The van der Waals surface area contributed by atoms with Crippen LogP contribution in [0.15, 0.2) is 54.1 Å². The van der Waals surface area contributed by atoms with Crippen LogP contribution in [-0.2, 0) is 16.2 Å². The van der Waals surface area contributed by atoms with Crippen molar-refractivity contribution in [1.82, 2.24) is 5.32 Å². The van der Waals surface area contributed by atoms with Gasteiger partial charge in [0.15, 0.2) is 23.0 Å². The fourth-order valence-electron chi connectivity index (χ4n) is 3.94. The highest BCUT2D eigenvalue weighted by molar-refractivity contribution is 6.42. The quantitative estimate of drug-likeness (QED) is 0.266. The fraction of sp³-hybridized carbons (Fsp3) is 0.148. The molecule has 12 heteroatoms. The van der Waals surface area contributed by atoms with Gasteiger partial charge in [0.25, 0.3) is 11.8 Å². The van der Waals surface area contributed by atoms with Crippen LogP contribution in [0.3, 0.4) is 0 Å². The molecule has 5 rings (SSSR count). The van der Waals surface area contributed by atoms with E-state index in [0.717, 1.165) is 10.5 Å². The van der Waals surface area contributed by atoms with Gasteiger partial charge in [0.2, 0.25) is 6.79 Å². The van der Waals surface area contributed by atoms with Gasteiger partial charge in [-0.05, 0) is 60.5 Å². The summed E-state index contributed by atoms with van der Waals surface area (Å²) in [6.07, 6.45) is 1.32. The standard InChI is InChI=1S/C27H19Cl3N2O7/c1-2-36-23-10-15(9-20(30)24(23)37-12-14-3-5-18(28)19(29)8-14)7-17-25(33)31-27(35)32(26(17)34)16-4-6-21-22(11-16)39-13-38-21/h3-11H,2,12-13H2,1H3,(H,31,33,35)/b17-7+. The van der Waals surface area contributed by atoms with Gasteiger partial charge in [-0.1, -0.05) is 40.9 Å². The zero-order valence-corrected chi connectivity index (χ0v) is 22.5. The van der Waals surface area contributed by atoms with Crippen molar-refractivity contribution < 1.29 is 33.3 Å². The van der Waals surface area contributed by atoms with Gasteiger partial charge in [-0.15, -0.1) is 0 Å². The summed E-state index contributed by atoms with van der Waals surface area (Å²) in [5.74, 6) is -0.254. The number of carbonyl (C=O) groups is 3. The van der Waals surface area contributed by atoms with Crippen molar-refractivity contribution in [3.8, 4) is 23.0 Å². The molecule has 0 atom stereocenters. The van der Waals surface area contributed by atoms with Gasteiger partial charge in [-0.25, -0.2) is 9.69 Å². The zero-order chi connectivity index (χ0) is 27.7. The van der Waals surface area contributed by atoms with Crippen molar-refractivity contribution in [2.45, 2.75) is 13.5 Å². The molecule has 4 amide bonds. The molecule has 3 aromatic rings. The zero-order valence-electron chi connectivity index (χ0n) is 20.3. The molecule has 0 unspecified atom stereocenters. The highest BCUT2D eigenvalue weighted by atomic mass is 35.5.